The number of rotatable bonds is 4. The van der Waals surface area contributed by atoms with Crippen molar-refractivity contribution in [2.75, 3.05) is 14.1 Å². The lowest BCUT2D eigenvalue weighted by Gasteiger charge is -2.12. The largest absolute Gasteiger partial charge is 0.383 e. The first kappa shape index (κ1) is 14.5. The van der Waals surface area contributed by atoms with Crippen molar-refractivity contribution >= 4 is 27.3 Å². The van der Waals surface area contributed by atoms with Crippen LogP contribution in [0.1, 0.15) is 15.9 Å². The fraction of sp³-hybridized carbons (Fsp3) is 0.125. The molecule has 0 spiro atoms. The zero-order chi connectivity index (χ0) is 14.5. The topological polar surface area (TPSA) is 33.2 Å². The molecule has 0 aliphatic heterocycles. The molecule has 0 amide bonds. The van der Waals surface area contributed by atoms with Crippen molar-refractivity contribution in [3.8, 4) is 0 Å². The number of ketones is 1. The van der Waals surface area contributed by atoms with Crippen LogP contribution in [0.4, 0.5) is 0 Å². The van der Waals surface area contributed by atoms with Crippen molar-refractivity contribution in [3.05, 3.63) is 70.6 Å². The summed E-state index contributed by atoms with van der Waals surface area (Å²) < 4.78 is 0.891. The second-order valence-corrected chi connectivity index (χ2v) is 5.50. The van der Waals surface area contributed by atoms with Crippen LogP contribution in [0.2, 0.25) is 0 Å². The zero-order valence-electron chi connectivity index (χ0n) is 11.4. The van der Waals surface area contributed by atoms with Gasteiger partial charge in [-0.05, 0) is 29.8 Å². The van der Waals surface area contributed by atoms with Crippen LogP contribution in [0.15, 0.2) is 59.5 Å². The van der Waals surface area contributed by atoms with Crippen molar-refractivity contribution in [1.29, 1.82) is 0 Å². The molecule has 0 bridgehead atoms. The molecule has 0 aliphatic carbocycles. The lowest BCUT2D eigenvalue weighted by Crippen LogP contribution is -2.09. The molecule has 0 saturated carbocycles. The maximum Gasteiger partial charge on any atom is 0.195 e. The summed E-state index contributed by atoms with van der Waals surface area (Å²) in [5, 5.41) is 0. The van der Waals surface area contributed by atoms with Gasteiger partial charge in [0, 0.05) is 48.3 Å². The first-order chi connectivity index (χ1) is 9.58. The molecule has 0 aliphatic rings. The second kappa shape index (κ2) is 6.48. The average molecular weight is 331 g/mol. The molecule has 4 heteroatoms. The predicted octanol–water partition coefficient (Wildman–Crippen LogP) is 3.63. The van der Waals surface area contributed by atoms with E-state index < -0.39 is 0 Å². The maximum absolute atomic E-state index is 12.7. The molecule has 2 aromatic rings. The van der Waals surface area contributed by atoms with Gasteiger partial charge in [-0.3, -0.25) is 9.78 Å². The van der Waals surface area contributed by atoms with Gasteiger partial charge in [0.2, 0.25) is 0 Å². The Morgan fingerprint density at radius 1 is 1.15 bits per heavy atom. The average Bonchev–Trinajstić information content (AvgIpc) is 2.45. The predicted molar refractivity (Wildman–Crippen MR) is 84.4 cm³/mol. The highest BCUT2D eigenvalue weighted by molar-refractivity contribution is 9.10. The van der Waals surface area contributed by atoms with E-state index in [0.717, 1.165) is 10.0 Å². The van der Waals surface area contributed by atoms with Gasteiger partial charge in [-0.2, -0.15) is 0 Å². The van der Waals surface area contributed by atoms with E-state index in [4.69, 9.17) is 0 Å². The van der Waals surface area contributed by atoms with Gasteiger partial charge in [0.1, 0.15) is 0 Å². The summed E-state index contributed by atoms with van der Waals surface area (Å²) >= 11 is 3.39. The Hall–Kier alpha value is -1.94. The molecule has 0 atom stereocenters. The van der Waals surface area contributed by atoms with Crippen LogP contribution in [0, 0.1) is 0 Å². The number of nitrogens with zero attached hydrogens (tertiary/aromatic N) is 2. The molecule has 0 saturated heterocycles. The van der Waals surface area contributed by atoms with Gasteiger partial charge in [0.05, 0.1) is 0 Å². The van der Waals surface area contributed by atoms with Gasteiger partial charge >= 0.3 is 0 Å². The smallest absolute Gasteiger partial charge is 0.195 e. The Bertz CT molecular complexity index is 636. The fourth-order valence-electron chi connectivity index (χ4n) is 1.84. The monoisotopic (exact) mass is 330 g/mol. The number of carbonyl (C=O) groups excluding carboxylic acids is 1. The number of carbonyl (C=O) groups is 1. The Labute approximate surface area is 127 Å². The lowest BCUT2D eigenvalue weighted by molar-refractivity contribution is 0.105. The Morgan fingerprint density at radius 2 is 1.85 bits per heavy atom. The van der Waals surface area contributed by atoms with Gasteiger partial charge in [-0.1, -0.05) is 28.1 Å². The van der Waals surface area contributed by atoms with Gasteiger partial charge in [-0.25, -0.2) is 0 Å². The summed E-state index contributed by atoms with van der Waals surface area (Å²) in [4.78, 5) is 18.6. The van der Waals surface area contributed by atoms with Crippen LogP contribution < -0.4 is 0 Å². The molecule has 0 radical (unpaired) electrons. The number of Topliss-reactive ketones (excluding diaryl/α,β-unsaturated/α-hetero) is 1. The first-order valence-electron chi connectivity index (χ1n) is 6.17. The van der Waals surface area contributed by atoms with Gasteiger partial charge in [0.25, 0.3) is 0 Å². The fourth-order valence-corrected chi connectivity index (χ4v) is 2.24. The van der Waals surface area contributed by atoms with Crippen LogP contribution in [0.3, 0.4) is 0 Å². The van der Waals surface area contributed by atoms with Crippen molar-refractivity contribution in [2.24, 2.45) is 0 Å². The standard InChI is InChI=1S/C16H15BrN2O/c1-19(2)11-15(12-6-8-18-9-7-12)16(20)13-4-3-5-14(17)10-13/h3-11H,1-2H3/b15-11+. The number of aromatic nitrogens is 1. The Balaban J connectivity index is 2.45. The van der Waals surface area contributed by atoms with E-state index in [0.29, 0.717) is 11.1 Å². The summed E-state index contributed by atoms with van der Waals surface area (Å²) in [5.74, 6) is -0.00815. The van der Waals surface area contributed by atoms with Crippen molar-refractivity contribution in [1.82, 2.24) is 9.88 Å². The molecule has 3 nitrogen and oxygen atoms in total. The number of hydrogen-bond donors (Lipinski definition) is 0. The maximum atomic E-state index is 12.7. The van der Waals surface area contributed by atoms with Crippen molar-refractivity contribution in [2.45, 2.75) is 0 Å². The normalized spacial score (nSPS) is 11.2. The number of pyridine rings is 1. The molecule has 0 unspecified atom stereocenters. The van der Waals surface area contributed by atoms with E-state index in [1.807, 2.05) is 61.6 Å². The minimum atomic E-state index is -0.00815. The molecule has 102 valence electrons. The molecule has 0 N–H and O–H groups in total. The van der Waals surface area contributed by atoms with Crippen LogP contribution >= 0.6 is 15.9 Å². The zero-order valence-corrected chi connectivity index (χ0v) is 13.0. The summed E-state index contributed by atoms with van der Waals surface area (Å²) in [6.07, 6.45) is 5.21. The van der Waals surface area contributed by atoms with Crippen LogP contribution in [-0.4, -0.2) is 29.8 Å². The minimum Gasteiger partial charge on any atom is -0.383 e. The number of allylic oxidation sites excluding steroid dienone is 1. The molecular formula is C16H15BrN2O. The van der Waals surface area contributed by atoms with E-state index in [9.17, 15) is 4.79 Å². The SMILES string of the molecule is CN(C)/C=C(/C(=O)c1cccc(Br)c1)c1ccncc1. The number of hydrogen-bond acceptors (Lipinski definition) is 3. The van der Waals surface area contributed by atoms with Crippen LogP contribution in [0.25, 0.3) is 5.57 Å². The molecule has 2 rings (SSSR count). The highest BCUT2D eigenvalue weighted by atomic mass is 79.9. The van der Waals surface area contributed by atoms with E-state index >= 15 is 0 Å². The first-order valence-corrected chi connectivity index (χ1v) is 6.96. The molecule has 1 heterocycles. The van der Waals surface area contributed by atoms with Gasteiger partial charge < -0.3 is 4.90 Å². The third kappa shape index (κ3) is 3.54. The molecule has 1 aromatic heterocycles. The van der Waals surface area contributed by atoms with Gasteiger partial charge in [0.15, 0.2) is 5.78 Å². The van der Waals surface area contributed by atoms with Crippen molar-refractivity contribution < 1.29 is 4.79 Å². The second-order valence-electron chi connectivity index (χ2n) is 4.58. The summed E-state index contributed by atoms with van der Waals surface area (Å²) in [5.41, 5.74) is 2.17. The highest BCUT2D eigenvalue weighted by Gasteiger charge is 2.15. The Morgan fingerprint density at radius 3 is 2.45 bits per heavy atom. The van der Waals surface area contributed by atoms with E-state index in [-0.39, 0.29) is 5.78 Å². The van der Waals surface area contributed by atoms with E-state index in [2.05, 4.69) is 20.9 Å². The lowest BCUT2D eigenvalue weighted by atomic mass is 9.98. The third-order valence-electron chi connectivity index (χ3n) is 2.71. The van der Waals surface area contributed by atoms with Gasteiger partial charge in [-0.15, -0.1) is 0 Å². The Kier molecular flexibility index (Phi) is 4.69. The van der Waals surface area contributed by atoms with Crippen LogP contribution in [-0.2, 0) is 0 Å². The number of benzene rings is 1. The molecule has 0 fully saturated rings. The van der Waals surface area contributed by atoms with E-state index in [1.165, 1.54) is 0 Å². The quantitative estimate of drug-likeness (QED) is 0.634. The third-order valence-corrected chi connectivity index (χ3v) is 3.20. The highest BCUT2D eigenvalue weighted by Crippen LogP contribution is 2.21. The van der Waals surface area contributed by atoms with Crippen LogP contribution in [0.5, 0.6) is 0 Å². The van der Waals surface area contributed by atoms with Crippen molar-refractivity contribution in [3.63, 3.8) is 0 Å². The summed E-state index contributed by atoms with van der Waals surface area (Å²) in [6, 6.07) is 11.1. The van der Waals surface area contributed by atoms with E-state index in [1.54, 1.807) is 12.4 Å². The minimum absolute atomic E-state index is 0.00815. The molecule has 20 heavy (non-hydrogen) atoms. The molecule has 1 aromatic carbocycles. The summed E-state index contributed by atoms with van der Waals surface area (Å²) in [6.45, 7) is 0. The molecular weight excluding hydrogens is 316 g/mol. The number of halogens is 1. The summed E-state index contributed by atoms with van der Waals surface area (Å²) in [7, 11) is 3.80.